The van der Waals surface area contributed by atoms with Crippen molar-refractivity contribution < 1.29 is 14.3 Å². The third-order valence-electron chi connectivity index (χ3n) is 5.19. The molecule has 7 heteroatoms. The maximum absolute atomic E-state index is 12.7. The normalized spacial score (nSPS) is 16.6. The zero-order valence-electron chi connectivity index (χ0n) is 16.4. The van der Waals surface area contributed by atoms with Gasteiger partial charge in [0.1, 0.15) is 11.6 Å². The summed E-state index contributed by atoms with van der Waals surface area (Å²) in [6, 6.07) is 7.79. The van der Waals surface area contributed by atoms with Gasteiger partial charge in [-0.1, -0.05) is 12.1 Å². The van der Waals surface area contributed by atoms with Crippen LogP contribution in [-0.4, -0.2) is 46.9 Å². The number of rotatable bonds is 6. The average molecular weight is 382 g/mol. The van der Waals surface area contributed by atoms with Crippen LogP contribution in [0.15, 0.2) is 30.5 Å². The maximum Gasteiger partial charge on any atom is 0.252 e. The minimum absolute atomic E-state index is 0.0827. The van der Waals surface area contributed by atoms with Gasteiger partial charge in [0.25, 0.3) is 5.91 Å². The van der Waals surface area contributed by atoms with E-state index in [0.717, 1.165) is 30.7 Å². The monoisotopic (exact) mass is 382 g/mol. The smallest absolute Gasteiger partial charge is 0.252 e. The number of aryl methyl sites for hydroxylation is 2. The molecule has 0 spiro atoms. The number of primary amides is 1. The lowest BCUT2D eigenvalue weighted by molar-refractivity contribution is -0.132. The van der Waals surface area contributed by atoms with Crippen molar-refractivity contribution in [3.63, 3.8) is 0 Å². The molecule has 1 aliphatic rings. The van der Waals surface area contributed by atoms with E-state index in [1.54, 1.807) is 14.0 Å². The summed E-state index contributed by atoms with van der Waals surface area (Å²) in [6.07, 6.45) is 4.51. The summed E-state index contributed by atoms with van der Waals surface area (Å²) < 4.78 is 5.16. The first-order valence-electron chi connectivity index (χ1n) is 9.52. The largest absolute Gasteiger partial charge is 0.497 e. The summed E-state index contributed by atoms with van der Waals surface area (Å²) in [5.74, 6) is 1.19. The Labute approximate surface area is 164 Å². The Morgan fingerprint density at radius 3 is 2.68 bits per heavy atom. The SMILES string of the molecule is COc1ccc(CCC(=O)N2CCC[C@@H](c3ncc(C(N)=O)c(C)n3)C2)cc1. The van der Waals surface area contributed by atoms with Crippen LogP contribution in [0.2, 0.25) is 0 Å². The molecule has 148 valence electrons. The first-order chi connectivity index (χ1) is 13.5. The van der Waals surface area contributed by atoms with E-state index in [1.807, 2.05) is 29.2 Å². The summed E-state index contributed by atoms with van der Waals surface area (Å²) >= 11 is 0. The zero-order chi connectivity index (χ0) is 20.1. The fraction of sp³-hybridized carbons (Fsp3) is 0.429. The van der Waals surface area contributed by atoms with E-state index in [4.69, 9.17) is 10.5 Å². The van der Waals surface area contributed by atoms with Gasteiger partial charge in [0.05, 0.1) is 18.4 Å². The van der Waals surface area contributed by atoms with Crippen LogP contribution >= 0.6 is 0 Å². The molecule has 28 heavy (non-hydrogen) atoms. The first-order valence-corrected chi connectivity index (χ1v) is 9.52. The molecule has 2 heterocycles. The van der Waals surface area contributed by atoms with Gasteiger partial charge in [0.2, 0.25) is 5.91 Å². The van der Waals surface area contributed by atoms with Crippen molar-refractivity contribution in [2.45, 2.75) is 38.5 Å². The number of piperidine rings is 1. The Balaban J connectivity index is 1.60. The summed E-state index contributed by atoms with van der Waals surface area (Å²) in [5, 5.41) is 0. The third-order valence-corrected chi connectivity index (χ3v) is 5.19. The zero-order valence-corrected chi connectivity index (χ0v) is 16.4. The summed E-state index contributed by atoms with van der Waals surface area (Å²) in [6.45, 7) is 3.12. The quantitative estimate of drug-likeness (QED) is 0.826. The molecule has 1 aromatic carbocycles. The molecule has 1 fully saturated rings. The van der Waals surface area contributed by atoms with Gasteiger partial charge in [-0.25, -0.2) is 9.97 Å². The number of ether oxygens (including phenoxy) is 1. The number of aromatic nitrogens is 2. The second-order valence-electron chi connectivity index (χ2n) is 7.12. The van der Waals surface area contributed by atoms with Gasteiger partial charge in [0, 0.05) is 31.6 Å². The van der Waals surface area contributed by atoms with Crippen LogP contribution in [0.5, 0.6) is 5.75 Å². The van der Waals surface area contributed by atoms with Crippen LogP contribution in [0.25, 0.3) is 0 Å². The van der Waals surface area contributed by atoms with Gasteiger partial charge in [-0.3, -0.25) is 9.59 Å². The molecule has 1 saturated heterocycles. The van der Waals surface area contributed by atoms with E-state index in [1.165, 1.54) is 6.20 Å². The Morgan fingerprint density at radius 1 is 1.29 bits per heavy atom. The van der Waals surface area contributed by atoms with E-state index in [9.17, 15) is 9.59 Å². The van der Waals surface area contributed by atoms with Crippen LogP contribution in [0.1, 0.15) is 52.6 Å². The molecule has 2 aromatic rings. The predicted molar refractivity (Wildman–Crippen MR) is 105 cm³/mol. The molecule has 1 atom stereocenters. The first kappa shape index (κ1) is 19.8. The minimum atomic E-state index is -0.525. The predicted octanol–water partition coefficient (Wildman–Crippen LogP) is 2.23. The molecule has 0 aliphatic carbocycles. The van der Waals surface area contributed by atoms with Crippen LogP contribution < -0.4 is 10.5 Å². The molecular weight excluding hydrogens is 356 g/mol. The second kappa shape index (κ2) is 8.82. The molecule has 3 rings (SSSR count). The van der Waals surface area contributed by atoms with E-state index in [-0.39, 0.29) is 11.8 Å². The van der Waals surface area contributed by atoms with Crippen molar-refractivity contribution in [1.82, 2.24) is 14.9 Å². The summed E-state index contributed by atoms with van der Waals surface area (Å²) in [4.78, 5) is 34.7. The van der Waals surface area contributed by atoms with Crippen LogP contribution in [0.3, 0.4) is 0 Å². The molecule has 0 radical (unpaired) electrons. The van der Waals surface area contributed by atoms with E-state index in [2.05, 4.69) is 9.97 Å². The lowest BCUT2D eigenvalue weighted by Crippen LogP contribution is -2.39. The van der Waals surface area contributed by atoms with Crippen molar-refractivity contribution in [2.24, 2.45) is 5.73 Å². The number of methoxy groups -OCH3 is 1. The number of carbonyl (C=O) groups excluding carboxylic acids is 2. The fourth-order valence-corrected chi connectivity index (χ4v) is 3.54. The number of hydrogen-bond acceptors (Lipinski definition) is 5. The molecule has 0 saturated carbocycles. The van der Waals surface area contributed by atoms with Gasteiger partial charge < -0.3 is 15.4 Å². The van der Waals surface area contributed by atoms with Gasteiger partial charge in [-0.2, -0.15) is 0 Å². The van der Waals surface area contributed by atoms with Crippen molar-refractivity contribution in [2.75, 3.05) is 20.2 Å². The van der Waals surface area contributed by atoms with Gasteiger partial charge in [-0.05, 0) is 43.9 Å². The molecule has 2 N–H and O–H groups in total. The van der Waals surface area contributed by atoms with Crippen molar-refractivity contribution in [3.05, 3.63) is 53.1 Å². The van der Waals surface area contributed by atoms with Crippen LogP contribution in [-0.2, 0) is 11.2 Å². The van der Waals surface area contributed by atoms with Crippen molar-refractivity contribution in [3.8, 4) is 5.75 Å². The highest BCUT2D eigenvalue weighted by Crippen LogP contribution is 2.25. The number of nitrogens with two attached hydrogens (primary N) is 1. The number of benzene rings is 1. The molecule has 1 aliphatic heterocycles. The Morgan fingerprint density at radius 2 is 2.04 bits per heavy atom. The number of nitrogens with zero attached hydrogens (tertiary/aromatic N) is 3. The third kappa shape index (κ3) is 4.65. The second-order valence-corrected chi connectivity index (χ2v) is 7.12. The highest BCUT2D eigenvalue weighted by Gasteiger charge is 2.26. The van der Waals surface area contributed by atoms with Gasteiger partial charge >= 0.3 is 0 Å². The summed E-state index contributed by atoms with van der Waals surface area (Å²) in [7, 11) is 1.64. The maximum atomic E-state index is 12.7. The van der Waals surface area contributed by atoms with Crippen LogP contribution in [0, 0.1) is 6.92 Å². The summed E-state index contributed by atoms with van der Waals surface area (Å²) in [5.41, 5.74) is 7.36. The number of amides is 2. The average Bonchev–Trinajstić information content (AvgIpc) is 2.72. The molecule has 7 nitrogen and oxygen atoms in total. The molecule has 0 unspecified atom stereocenters. The molecule has 2 amide bonds. The van der Waals surface area contributed by atoms with Crippen molar-refractivity contribution >= 4 is 11.8 Å². The lowest BCUT2D eigenvalue weighted by atomic mass is 9.96. The highest BCUT2D eigenvalue weighted by atomic mass is 16.5. The topological polar surface area (TPSA) is 98.4 Å². The Kier molecular flexibility index (Phi) is 6.23. The van der Waals surface area contributed by atoms with Crippen LogP contribution in [0.4, 0.5) is 0 Å². The van der Waals surface area contributed by atoms with Crippen molar-refractivity contribution in [1.29, 1.82) is 0 Å². The molecule has 1 aromatic heterocycles. The number of hydrogen-bond donors (Lipinski definition) is 1. The number of carbonyl (C=O) groups is 2. The fourth-order valence-electron chi connectivity index (χ4n) is 3.54. The highest BCUT2D eigenvalue weighted by molar-refractivity contribution is 5.93. The number of likely N-dealkylation sites (tertiary alicyclic amines) is 1. The van der Waals surface area contributed by atoms with E-state index >= 15 is 0 Å². The standard InChI is InChI=1S/C21H26N4O3/c1-14-18(20(22)27)12-23-21(24-14)16-4-3-11-25(13-16)19(26)10-7-15-5-8-17(28-2)9-6-15/h5-6,8-9,12,16H,3-4,7,10-11,13H2,1-2H3,(H2,22,27)/t16-/m1/s1. The van der Waals surface area contributed by atoms with Gasteiger partial charge in [-0.15, -0.1) is 0 Å². The Hall–Kier alpha value is -2.96. The van der Waals surface area contributed by atoms with E-state index < -0.39 is 5.91 Å². The lowest BCUT2D eigenvalue weighted by Gasteiger charge is -2.32. The van der Waals surface area contributed by atoms with Gasteiger partial charge in [0.15, 0.2) is 0 Å². The van der Waals surface area contributed by atoms with E-state index in [0.29, 0.717) is 36.5 Å². The minimum Gasteiger partial charge on any atom is -0.497 e. The Bertz CT molecular complexity index is 851. The molecule has 0 bridgehead atoms. The molecular formula is C21H26N4O3.